The van der Waals surface area contributed by atoms with Crippen molar-refractivity contribution in [2.45, 2.75) is 39.7 Å². The van der Waals surface area contributed by atoms with E-state index in [1.807, 2.05) is 13.0 Å². The SMILES string of the molecule is CCCCOCCCNC(=NC)NCc1ccc(-n2ccnc2C)c(F)c1. The number of nitrogens with zero attached hydrogens (tertiary/aromatic N) is 3. The van der Waals surface area contributed by atoms with Gasteiger partial charge in [0.05, 0.1) is 5.69 Å². The van der Waals surface area contributed by atoms with Crippen LogP contribution in [0.5, 0.6) is 0 Å². The molecule has 0 atom stereocenters. The second-order valence-electron chi connectivity index (χ2n) is 6.30. The average molecular weight is 375 g/mol. The molecule has 0 unspecified atom stereocenters. The highest BCUT2D eigenvalue weighted by Crippen LogP contribution is 2.16. The van der Waals surface area contributed by atoms with Gasteiger partial charge in [-0.25, -0.2) is 9.37 Å². The quantitative estimate of drug-likeness (QED) is 0.380. The molecule has 0 fully saturated rings. The van der Waals surface area contributed by atoms with Gasteiger partial charge in [0, 0.05) is 45.7 Å². The third-order valence-electron chi connectivity index (χ3n) is 4.18. The fraction of sp³-hybridized carbons (Fsp3) is 0.500. The molecule has 2 N–H and O–H groups in total. The lowest BCUT2D eigenvalue weighted by Crippen LogP contribution is -2.37. The highest BCUT2D eigenvalue weighted by Gasteiger charge is 2.08. The van der Waals surface area contributed by atoms with E-state index in [2.05, 4.69) is 27.5 Å². The van der Waals surface area contributed by atoms with Crippen molar-refractivity contribution >= 4 is 5.96 Å². The second-order valence-corrected chi connectivity index (χ2v) is 6.30. The van der Waals surface area contributed by atoms with Crippen LogP contribution in [0.2, 0.25) is 0 Å². The number of guanidine groups is 1. The largest absolute Gasteiger partial charge is 0.381 e. The van der Waals surface area contributed by atoms with E-state index >= 15 is 0 Å². The van der Waals surface area contributed by atoms with E-state index in [4.69, 9.17) is 4.74 Å². The van der Waals surface area contributed by atoms with Crippen LogP contribution >= 0.6 is 0 Å². The highest BCUT2D eigenvalue weighted by molar-refractivity contribution is 5.79. The number of ether oxygens (including phenoxy) is 1. The van der Waals surface area contributed by atoms with Crippen molar-refractivity contribution in [1.29, 1.82) is 0 Å². The Balaban J connectivity index is 1.78. The standard InChI is InChI=1S/C20H30FN5O/c1-4-5-12-27-13-6-9-24-20(22-3)25-15-17-7-8-19(18(21)14-17)26-11-10-23-16(26)2/h7-8,10-11,14H,4-6,9,12-13,15H2,1-3H3,(H2,22,24,25). The van der Waals surface area contributed by atoms with Gasteiger partial charge in [0.15, 0.2) is 5.96 Å². The Morgan fingerprint density at radius 1 is 1.26 bits per heavy atom. The first-order chi connectivity index (χ1) is 13.2. The van der Waals surface area contributed by atoms with Crippen molar-refractivity contribution in [3.8, 4) is 5.69 Å². The molecule has 2 aromatic rings. The lowest BCUT2D eigenvalue weighted by atomic mass is 10.2. The van der Waals surface area contributed by atoms with E-state index in [0.717, 1.165) is 50.4 Å². The third kappa shape index (κ3) is 6.67. The molecule has 0 saturated heterocycles. The van der Waals surface area contributed by atoms with Crippen LogP contribution in [-0.4, -0.2) is 42.3 Å². The highest BCUT2D eigenvalue weighted by atomic mass is 19.1. The minimum absolute atomic E-state index is 0.275. The molecule has 27 heavy (non-hydrogen) atoms. The van der Waals surface area contributed by atoms with Crippen LogP contribution in [-0.2, 0) is 11.3 Å². The Labute approximate surface area is 160 Å². The molecule has 0 amide bonds. The predicted molar refractivity (Wildman–Crippen MR) is 107 cm³/mol. The molecule has 1 heterocycles. The Hall–Kier alpha value is -2.41. The molecule has 1 aromatic carbocycles. The van der Waals surface area contributed by atoms with E-state index in [9.17, 15) is 4.39 Å². The first kappa shape index (κ1) is 20.9. The van der Waals surface area contributed by atoms with E-state index in [1.165, 1.54) is 6.07 Å². The lowest BCUT2D eigenvalue weighted by Gasteiger charge is -2.13. The van der Waals surface area contributed by atoms with Gasteiger partial charge < -0.3 is 19.9 Å². The Morgan fingerprint density at radius 3 is 2.74 bits per heavy atom. The molecule has 6 nitrogen and oxygen atoms in total. The number of aromatic nitrogens is 2. The summed E-state index contributed by atoms with van der Waals surface area (Å²) < 4.78 is 21.7. The van der Waals surface area contributed by atoms with Gasteiger partial charge in [-0.3, -0.25) is 4.99 Å². The Bertz CT molecular complexity index is 729. The van der Waals surface area contributed by atoms with E-state index in [-0.39, 0.29) is 5.82 Å². The molecule has 0 aliphatic heterocycles. The van der Waals surface area contributed by atoms with Gasteiger partial charge in [-0.2, -0.15) is 0 Å². The number of aliphatic imine (C=N–C) groups is 1. The molecule has 7 heteroatoms. The predicted octanol–water partition coefficient (Wildman–Crippen LogP) is 3.19. The number of aryl methyl sites for hydroxylation is 1. The van der Waals surface area contributed by atoms with Crippen molar-refractivity contribution < 1.29 is 9.13 Å². The van der Waals surface area contributed by atoms with Crippen molar-refractivity contribution in [2.24, 2.45) is 4.99 Å². The van der Waals surface area contributed by atoms with Crippen molar-refractivity contribution in [2.75, 3.05) is 26.8 Å². The minimum atomic E-state index is -0.275. The van der Waals surface area contributed by atoms with Gasteiger partial charge in [0.25, 0.3) is 0 Å². The van der Waals surface area contributed by atoms with Gasteiger partial charge in [-0.05, 0) is 37.5 Å². The summed E-state index contributed by atoms with van der Waals surface area (Å²) in [5, 5.41) is 6.44. The Kier molecular flexibility index (Phi) is 8.77. The number of rotatable bonds is 10. The molecule has 1 aromatic heterocycles. The topological polar surface area (TPSA) is 63.5 Å². The number of hydrogen-bond acceptors (Lipinski definition) is 3. The van der Waals surface area contributed by atoms with Crippen LogP contribution in [0.25, 0.3) is 5.69 Å². The zero-order chi connectivity index (χ0) is 19.5. The van der Waals surface area contributed by atoms with Crippen LogP contribution in [0.1, 0.15) is 37.6 Å². The van der Waals surface area contributed by atoms with Gasteiger partial charge in [0.1, 0.15) is 11.6 Å². The summed E-state index contributed by atoms with van der Waals surface area (Å²) in [7, 11) is 1.72. The van der Waals surface area contributed by atoms with Gasteiger partial charge in [0.2, 0.25) is 0 Å². The lowest BCUT2D eigenvalue weighted by molar-refractivity contribution is 0.129. The summed E-state index contributed by atoms with van der Waals surface area (Å²) in [4.78, 5) is 8.32. The Morgan fingerprint density at radius 2 is 2.07 bits per heavy atom. The van der Waals surface area contributed by atoms with Crippen LogP contribution in [0.15, 0.2) is 35.6 Å². The molecule has 2 rings (SSSR count). The molecule has 0 bridgehead atoms. The van der Waals surface area contributed by atoms with Crippen LogP contribution in [0.4, 0.5) is 4.39 Å². The van der Waals surface area contributed by atoms with Gasteiger partial charge >= 0.3 is 0 Å². The summed E-state index contributed by atoms with van der Waals surface area (Å²) >= 11 is 0. The molecule has 0 aliphatic carbocycles. The number of nitrogens with one attached hydrogen (secondary N) is 2. The average Bonchev–Trinajstić information content (AvgIpc) is 3.09. The first-order valence-electron chi connectivity index (χ1n) is 9.46. The number of halogens is 1. The molecule has 0 saturated carbocycles. The number of imidazole rings is 1. The van der Waals surface area contributed by atoms with E-state index in [1.54, 1.807) is 30.1 Å². The zero-order valence-electron chi connectivity index (χ0n) is 16.5. The molecule has 148 valence electrons. The second kappa shape index (κ2) is 11.3. The first-order valence-corrected chi connectivity index (χ1v) is 9.46. The number of unbranched alkanes of at least 4 members (excludes halogenated alkanes) is 1. The van der Waals surface area contributed by atoms with Crippen LogP contribution in [0, 0.1) is 12.7 Å². The van der Waals surface area contributed by atoms with Crippen molar-refractivity contribution in [3.05, 3.63) is 47.8 Å². The number of benzene rings is 1. The maximum atomic E-state index is 14.4. The maximum absolute atomic E-state index is 14.4. The zero-order valence-corrected chi connectivity index (χ0v) is 16.5. The number of hydrogen-bond donors (Lipinski definition) is 2. The summed E-state index contributed by atoms with van der Waals surface area (Å²) in [6.45, 7) is 6.83. The monoisotopic (exact) mass is 375 g/mol. The smallest absolute Gasteiger partial charge is 0.191 e. The van der Waals surface area contributed by atoms with Crippen LogP contribution < -0.4 is 10.6 Å². The van der Waals surface area contributed by atoms with E-state index in [0.29, 0.717) is 18.2 Å². The normalized spacial score (nSPS) is 11.6. The van der Waals surface area contributed by atoms with Crippen molar-refractivity contribution in [3.63, 3.8) is 0 Å². The third-order valence-corrected chi connectivity index (χ3v) is 4.18. The molecule has 0 spiro atoms. The summed E-state index contributed by atoms with van der Waals surface area (Å²) in [5.41, 5.74) is 1.35. The molecular weight excluding hydrogens is 345 g/mol. The summed E-state index contributed by atoms with van der Waals surface area (Å²) in [6.07, 6.45) is 6.58. The van der Waals surface area contributed by atoms with E-state index < -0.39 is 0 Å². The minimum Gasteiger partial charge on any atom is -0.381 e. The van der Waals surface area contributed by atoms with Crippen LogP contribution in [0.3, 0.4) is 0 Å². The van der Waals surface area contributed by atoms with Crippen molar-refractivity contribution in [1.82, 2.24) is 20.2 Å². The fourth-order valence-corrected chi connectivity index (χ4v) is 2.62. The van der Waals surface area contributed by atoms with Gasteiger partial charge in [-0.15, -0.1) is 0 Å². The summed E-state index contributed by atoms with van der Waals surface area (Å²) in [6, 6.07) is 5.21. The van der Waals surface area contributed by atoms with Gasteiger partial charge in [-0.1, -0.05) is 19.4 Å². The molecule has 0 aliphatic rings. The fourth-order valence-electron chi connectivity index (χ4n) is 2.62. The molecule has 0 radical (unpaired) electrons. The summed E-state index contributed by atoms with van der Waals surface area (Å²) in [5.74, 6) is 1.17. The molecular formula is C20H30FN5O. The maximum Gasteiger partial charge on any atom is 0.191 e.